The molecule has 0 unspecified atom stereocenters. The summed E-state index contributed by atoms with van der Waals surface area (Å²) in [5.74, 6) is 2.23. The van der Waals surface area contributed by atoms with Gasteiger partial charge in [0.05, 0.1) is 13.2 Å². The van der Waals surface area contributed by atoms with Crippen LogP contribution in [0.2, 0.25) is 0 Å². The van der Waals surface area contributed by atoms with Crippen molar-refractivity contribution in [3.8, 4) is 0 Å². The van der Waals surface area contributed by atoms with Crippen molar-refractivity contribution < 1.29 is 9.47 Å². The highest BCUT2D eigenvalue weighted by atomic mass is 32.2. The van der Waals surface area contributed by atoms with E-state index in [4.69, 9.17) is 9.47 Å². The zero-order valence-electron chi connectivity index (χ0n) is 7.97. The summed E-state index contributed by atoms with van der Waals surface area (Å²) in [5.41, 5.74) is 0. The van der Waals surface area contributed by atoms with Crippen LogP contribution in [0.5, 0.6) is 0 Å². The van der Waals surface area contributed by atoms with Crippen LogP contribution in [0.15, 0.2) is 0 Å². The maximum Gasteiger partial charge on any atom is 0.0587 e. The molecule has 0 heterocycles. The third-order valence-electron chi connectivity index (χ3n) is 1.34. The van der Waals surface area contributed by atoms with E-state index in [9.17, 15) is 0 Å². The van der Waals surface area contributed by atoms with E-state index in [1.807, 2.05) is 11.8 Å². The Kier molecular flexibility index (Phi) is 11.4. The van der Waals surface area contributed by atoms with Gasteiger partial charge in [-0.25, -0.2) is 0 Å². The third kappa shape index (κ3) is 10.2. The average Bonchev–Trinajstić information content (AvgIpc) is 2.10. The summed E-state index contributed by atoms with van der Waals surface area (Å²) in [6.07, 6.45) is 0. The van der Waals surface area contributed by atoms with E-state index in [1.165, 1.54) is 0 Å². The van der Waals surface area contributed by atoms with Crippen molar-refractivity contribution >= 4 is 11.8 Å². The van der Waals surface area contributed by atoms with E-state index < -0.39 is 0 Å². The predicted molar refractivity (Wildman–Crippen MR) is 53.9 cm³/mol. The van der Waals surface area contributed by atoms with Crippen LogP contribution in [0.4, 0.5) is 0 Å². The van der Waals surface area contributed by atoms with Gasteiger partial charge in [-0.15, -0.1) is 0 Å². The van der Waals surface area contributed by atoms with Crippen LogP contribution < -0.4 is 5.32 Å². The van der Waals surface area contributed by atoms with Gasteiger partial charge in [-0.2, -0.15) is 11.8 Å². The molecular weight excluding hydrogens is 174 g/mol. The maximum atomic E-state index is 4.93. The molecule has 0 aromatic rings. The van der Waals surface area contributed by atoms with Gasteiger partial charge in [0.2, 0.25) is 0 Å². The Labute approximate surface area is 79.2 Å². The highest BCUT2D eigenvalue weighted by Gasteiger charge is 1.88. The first-order chi connectivity index (χ1) is 5.91. The molecule has 0 aromatic carbocycles. The molecule has 0 aliphatic rings. The normalized spacial score (nSPS) is 10.5. The summed E-state index contributed by atoms with van der Waals surface area (Å²) >= 11 is 1.91. The van der Waals surface area contributed by atoms with Gasteiger partial charge in [-0.3, -0.25) is 0 Å². The lowest BCUT2D eigenvalue weighted by Gasteiger charge is -2.03. The number of ether oxygens (including phenoxy) is 2. The summed E-state index contributed by atoms with van der Waals surface area (Å²) in [5, 5.41) is 3.28. The molecular formula is C8H19NO2S. The number of hydrogen-bond donors (Lipinski definition) is 1. The van der Waals surface area contributed by atoms with Crippen LogP contribution in [0.25, 0.3) is 0 Å². The molecule has 0 aliphatic carbocycles. The van der Waals surface area contributed by atoms with Gasteiger partial charge in [0.1, 0.15) is 0 Å². The third-order valence-corrected chi connectivity index (χ3v) is 2.29. The Hall–Kier alpha value is 0.230. The highest BCUT2D eigenvalue weighted by Crippen LogP contribution is 1.96. The number of nitrogens with one attached hydrogen (secondary N) is 1. The lowest BCUT2D eigenvalue weighted by Crippen LogP contribution is -2.21. The first-order valence-electron chi connectivity index (χ1n) is 4.18. The summed E-state index contributed by atoms with van der Waals surface area (Å²) in [6.45, 7) is 3.64. The van der Waals surface area contributed by atoms with E-state index in [2.05, 4.69) is 5.32 Å². The Morgan fingerprint density at radius 3 is 2.42 bits per heavy atom. The fourth-order valence-corrected chi connectivity index (χ4v) is 1.47. The quantitative estimate of drug-likeness (QED) is 0.543. The molecule has 0 radical (unpaired) electrons. The van der Waals surface area contributed by atoms with Gasteiger partial charge >= 0.3 is 0 Å². The molecule has 4 heteroatoms. The second kappa shape index (κ2) is 11.2. The molecule has 0 amide bonds. The molecule has 1 N–H and O–H groups in total. The smallest absolute Gasteiger partial charge is 0.0587 e. The molecule has 0 saturated carbocycles. The Morgan fingerprint density at radius 2 is 1.75 bits per heavy atom. The highest BCUT2D eigenvalue weighted by molar-refractivity contribution is 7.99. The number of thioether (sulfide) groups is 1. The molecule has 0 aliphatic heterocycles. The van der Waals surface area contributed by atoms with Crippen molar-refractivity contribution in [3.05, 3.63) is 0 Å². The Bertz CT molecular complexity index is 73.5. The van der Waals surface area contributed by atoms with Crippen LogP contribution in [-0.2, 0) is 9.47 Å². The second-order valence-corrected chi connectivity index (χ2v) is 3.57. The monoisotopic (exact) mass is 193 g/mol. The summed E-state index contributed by atoms with van der Waals surface area (Å²) in [6, 6.07) is 0. The molecule has 0 saturated heterocycles. The van der Waals surface area contributed by atoms with Crippen LogP contribution in [-0.4, -0.2) is 52.0 Å². The molecule has 0 atom stereocenters. The lowest BCUT2D eigenvalue weighted by molar-refractivity contribution is 0.200. The molecule has 74 valence electrons. The summed E-state index contributed by atoms with van der Waals surface area (Å²) in [7, 11) is 3.45. The van der Waals surface area contributed by atoms with E-state index >= 15 is 0 Å². The van der Waals surface area contributed by atoms with E-state index in [0.29, 0.717) is 0 Å². The second-order valence-electron chi connectivity index (χ2n) is 2.35. The summed E-state index contributed by atoms with van der Waals surface area (Å²) in [4.78, 5) is 0. The average molecular weight is 193 g/mol. The minimum Gasteiger partial charge on any atom is -0.384 e. The largest absolute Gasteiger partial charge is 0.384 e. The molecule has 12 heavy (non-hydrogen) atoms. The zero-order valence-corrected chi connectivity index (χ0v) is 8.78. The van der Waals surface area contributed by atoms with Gasteiger partial charge < -0.3 is 14.8 Å². The molecule has 0 aromatic heterocycles. The van der Waals surface area contributed by atoms with Crippen molar-refractivity contribution in [1.82, 2.24) is 5.32 Å². The van der Waals surface area contributed by atoms with Crippen molar-refractivity contribution in [1.29, 1.82) is 0 Å². The van der Waals surface area contributed by atoms with E-state index in [0.717, 1.165) is 37.8 Å². The first-order valence-corrected chi connectivity index (χ1v) is 5.33. The number of hydrogen-bond acceptors (Lipinski definition) is 4. The van der Waals surface area contributed by atoms with Crippen LogP contribution in [0.3, 0.4) is 0 Å². The lowest BCUT2D eigenvalue weighted by atomic mass is 10.6. The topological polar surface area (TPSA) is 30.5 Å². The fraction of sp³-hybridized carbons (Fsp3) is 1.00. The first kappa shape index (κ1) is 12.2. The van der Waals surface area contributed by atoms with Crippen molar-refractivity contribution in [2.75, 3.05) is 52.0 Å². The predicted octanol–water partition coefficient (Wildman–Crippen LogP) is 0.602. The van der Waals surface area contributed by atoms with Gasteiger partial charge in [-0.05, 0) is 0 Å². The van der Waals surface area contributed by atoms with E-state index in [1.54, 1.807) is 14.2 Å². The SMILES string of the molecule is COCCNCCSCCOC. The fourth-order valence-electron chi connectivity index (χ4n) is 0.688. The standard InChI is InChI=1S/C8H19NO2S/c1-10-5-3-9-4-7-12-8-6-11-2/h9H,3-8H2,1-2H3. The zero-order chi connectivity index (χ0) is 9.07. The van der Waals surface area contributed by atoms with Gasteiger partial charge in [0.15, 0.2) is 0 Å². The number of methoxy groups -OCH3 is 2. The number of rotatable bonds is 9. The van der Waals surface area contributed by atoms with Crippen molar-refractivity contribution in [2.45, 2.75) is 0 Å². The van der Waals surface area contributed by atoms with Crippen molar-refractivity contribution in [3.63, 3.8) is 0 Å². The summed E-state index contributed by atoms with van der Waals surface area (Å²) < 4.78 is 9.82. The van der Waals surface area contributed by atoms with E-state index in [-0.39, 0.29) is 0 Å². The Balaban J connectivity index is 2.73. The van der Waals surface area contributed by atoms with Gasteiger partial charge in [0.25, 0.3) is 0 Å². The molecule has 0 rings (SSSR count). The molecule has 0 fully saturated rings. The van der Waals surface area contributed by atoms with Gasteiger partial charge in [0, 0.05) is 38.8 Å². The Morgan fingerprint density at radius 1 is 1.00 bits per heavy atom. The van der Waals surface area contributed by atoms with Crippen LogP contribution in [0, 0.1) is 0 Å². The van der Waals surface area contributed by atoms with Crippen LogP contribution >= 0.6 is 11.8 Å². The van der Waals surface area contributed by atoms with Crippen LogP contribution in [0.1, 0.15) is 0 Å². The van der Waals surface area contributed by atoms with Crippen molar-refractivity contribution in [2.24, 2.45) is 0 Å². The minimum atomic E-state index is 0.794. The van der Waals surface area contributed by atoms with Gasteiger partial charge in [-0.1, -0.05) is 0 Å². The molecule has 0 bridgehead atoms. The maximum absolute atomic E-state index is 4.93. The minimum absolute atomic E-state index is 0.794. The molecule has 3 nitrogen and oxygen atoms in total. The molecule has 0 spiro atoms.